The number of benzene rings is 2. The van der Waals surface area contributed by atoms with Crippen molar-refractivity contribution in [1.82, 2.24) is 5.32 Å². The van der Waals surface area contributed by atoms with Crippen LogP contribution in [0.4, 0.5) is 5.69 Å². The predicted molar refractivity (Wildman–Crippen MR) is 106 cm³/mol. The van der Waals surface area contributed by atoms with Crippen LogP contribution in [-0.2, 0) is 12.0 Å². The van der Waals surface area contributed by atoms with Crippen LogP contribution in [0.2, 0.25) is 0 Å². The van der Waals surface area contributed by atoms with Crippen LogP contribution >= 0.6 is 0 Å². The molecule has 2 aliphatic heterocycles. The first-order chi connectivity index (χ1) is 12.8. The molecule has 1 atom stereocenters. The molecule has 0 aliphatic carbocycles. The zero-order valence-electron chi connectivity index (χ0n) is 15.2. The van der Waals surface area contributed by atoms with E-state index in [1.807, 2.05) is 6.08 Å². The van der Waals surface area contributed by atoms with Gasteiger partial charge in [-0.2, -0.15) is 0 Å². The van der Waals surface area contributed by atoms with Crippen LogP contribution in [0.15, 0.2) is 48.5 Å². The molecule has 4 nitrogen and oxygen atoms in total. The Morgan fingerprint density at radius 1 is 1.23 bits per heavy atom. The molecule has 1 saturated heterocycles. The maximum atomic E-state index is 9.29. The van der Waals surface area contributed by atoms with Crippen LogP contribution in [0.5, 0.6) is 5.75 Å². The number of para-hydroxylation sites is 1. The zero-order valence-corrected chi connectivity index (χ0v) is 15.2. The molecular formula is C22H26N2O2. The lowest BCUT2D eigenvalue weighted by Crippen LogP contribution is -2.45. The third kappa shape index (κ3) is 2.79. The number of hydrogen-bond donors (Lipinski definition) is 2. The van der Waals surface area contributed by atoms with Crippen molar-refractivity contribution in [2.75, 3.05) is 38.3 Å². The van der Waals surface area contributed by atoms with Gasteiger partial charge < -0.3 is 20.1 Å². The summed E-state index contributed by atoms with van der Waals surface area (Å²) in [6, 6.07) is 15.1. The van der Waals surface area contributed by atoms with Crippen LogP contribution in [0.25, 0.3) is 6.08 Å². The summed E-state index contributed by atoms with van der Waals surface area (Å²) in [6.45, 7) is 3.02. The maximum absolute atomic E-state index is 9.29. The molecule has 26 heavy (non-hydrogen) atoms. The van der Waals surface area contributed by atoms with E-state index >= 15 is 0 Å². The lowest BCUT2D eigenvalue weighted by Gasteiger charge is -2.40. The third-order valence-corrected chi connectivity index (χ3v) is 5.67. The van der Waals surface area contributed by atoms with Crippen molar-refractivity contribution >= 4 is 11.8 Å². The molecule has 0 saturated carbocycles. The molecule has 2 aliphatic rings. The average Bonchev–Trinajstić information content (AvgIpc) is 2.85. The maximum Gasteiger partial charge on any atom is 0.119 e. The molecule has 2 heterocycles. The fourth-order valence-corrected chi connectivity index (χ4v) is 4.52. The molecule has 0 amide bonds. The predicted octanol–water partition coefficient (Wildman–Crippen LogP) is 2.95. The summed E-state index contributed by atoms with van der Waals surface area (Å²) < 4.78 is 5.45. The van der Waals surface area contributed by atoms with E-state index in [2.05, 4.69) is 52.7 Å². The molecule has 0 bridgehead atoms. The second-order valence-electron chi connectivity index (χ2n) is 7.03. The Morgan fingerprint density at radius 3 is 2.96 bits per heavy atom. The monoisotopic (exact) mass is 350 g/mol. The fraction of sp³-hybridized carbons (Fsp3) is 0.364. The molecule has 1 unspecified atom stereocenters. The number of nitrogens with zero attached hydrogens (tertiary/aromatic N) is 1. The van der Waals surface area contributed by atoms with Crippen molar-refractivity contribution in [1.29, 1.82) is 0 Å². The molecule has 2 aromatic carbocycles. The van der Waals surface area contributed by atoms with Crippen molar-refractivity contribution in [2.24, 2.45) is 0 Å². The summed E-state index contributed by atoms with van der Waals surface area (Å²) in [5.74, 6) is 0.844. The van der Waals surface area contributed by atoms with Gasteiger partial charge in [0.1, 0.15) is 5.75 Å². The minimum absolute atomic E-state index is 0.0369. The minimum Gasteiger partial charge on any atom is -0.497 e. The zero-order chi connectivity index (χ0) is 18.0. The van der Waals surface area contributed by atoms with Crippen molar-refractivity contribution in [3.63, 3.8) is 0 Å². The highest BCUT2D eigenvalue weighted by molar-refractivity contribution is 5.68. The van der Waals surface area contributed by atoms with E-state index < -0.39 is 0 Å². The summed E-state index contributed by atoms with van der Waals surface area (Å²) >= 11 is 0. The Kier molecular flexibility index (Phi) is 4.70. The average molecular weight is 350 g/mol. The summed E-state index contributed by atoms with van der Waals surface area (Å²) in [5, 5.41) is 12.9. The normalized spacial score (nSPS) is 22.2. The Hall–Kier alpha value is -2.30. The van der Waals surface area contributed by atoms with E-state index in [0.29, 0.717) is 0 Å². The highest BCUT2D eigenvalue weighted by atomic mass is 16.5. The highest BCUT2D eigenvalue weighted by Gasteiger charge is 2.46. The number of methoxy groups -OCH3 is 1. The first kappa shape index (κ1) is 17.1. The third-order valence-electron chi connectivity index (χ3n) is 5.67. The number of anilines is 1. The van der Waals surface area contributed by atoms with E-state index in [1.54, 1.807) is 13.2 Å². The first-order valence-electron chi connectivity index (χ1n) is 9.31. The van der Waals surface area contributed by atoms with Crippen LogP contribution < -0.4 is 15.0 Å². The van der Waals surface area contributed by atoms with Gasteiger partial charge in [0.25, 0.3) is 0 Å². The Balaban J connectivity index is 1.88. The lowest BCUT2D eigenvalue weighted by atomic mass is 9.80. The SMILES string of the molecule is COc1ccc(C23CCNCCN2c2ccccc2C3)c(C=CCO)c1. The number of nitrogens with one attached hydrogen (secondary N) is 1. The van der Waals surface area contributed by atoms with Gasteiger partial charge in [-0.25, -0.2) is 0 Å². The quantitative estimate of drug-likeness (QED) is 0.890. The van der Waals surface area contributed by atoms with Gasteiger partial charge >= 0.3 is 0 Å². The van der Waals surface area contributed by atoms with Gasteiger partial charge in [-0.15, -0.1) is 0 Å². The molecule has 0 radical (unpaired) electrons. The first-order valence-corrected chi connectivity index (χ1v) is 9.31. The van der Waals surface area contributed by atoms with Gasteiger partial charge in [0, 0.05) is 25.2 Å². The van der Waals surface area contributed by atoms with E-state index in [9.17, 15) is 5.11 Å². The second-order valence-corrected chi connectivity index (χ2v) is 7.03. The van der Waals surface area contributed by atoms with Gasteiger partial charge in [-0.1, -0.05) is 36.4 Å². The van der Waals surface area contributed by atoms with Crippen molar-refractivity contribution < 1.29 is 9.84 Å². The van der Waals surface area contributed by atoms with E-state index in [4.69, 9.17) is 4.74 Å². The number of fused-ring (bicyclic) bond motifs is 3. The summed E-state index contributed by atoms with van der Waals surface area (Å²) in [7, 11) is 1.69. The smallest absolute Gasteiger partial charge is 0.119 e. The molecular weight excluding hydrogens is 324 g/mol. The van der Waals surface area contributed by atoms with Crippen LogP contribution in [-0.4, -0.2) is 38.5 Å². The molecule has 2 aromatic rings. The van der Waals surface area contributed by atoms with E-state index in [0.717, 1.165) is 43.8 Å². The standard InChI is InChI=1S/C22H26N2O2/c1-26-19-8-9-20(17(15-19)6-4-14-25)22-10-11-23-12-13-24(22)21-7-3-2-5-18(21)16-22/h2-9,15,23,25H,10-14,16H2,1H3. The van der Waals surface area contributed by atoms with Gasteiger partial charge in [0.2, 0.25) is 0 Å². The summed E-state index contributed by atoms with van der Waals surface area (Å²) in [6.07, 6.45) is 5.88. The number of aliphatic hydroxyl groups is 1. The Labute approximate surface area is 155 Å². The van der Waals surface area contributed by atoms with Gasteiger partial charge in [0.05, 0.1) is 19.3 Å². The van der Waals surface area contributed by atoms with Crippen LogP contribution in [0.1, 0.15) is 23.1 Å². The minimum atomic E-state index is -0.0609. The van der Waals surface area contributed by atoms with E-state index in [-0.39, 0.29) is 12.1 Å². The second kappa shape index (κ2) is 7.14. The Morgan fingerprint density at radius 2 is 2.12 bits per heavy atom. The molecule has 1 fully saturated rings. The molecule has 4 heteroatoms. The number of aliphatic hydroxyl groups excluding tert-OH is 1. The molecule has 0 aromatic heterocycles. The lowest BCUT2D eigenvalue weighted by molar-refractivity contribution is 0.343. The molecule has 0 spiro atoms. The number of rotatable bonds is 4. The fourth-order valence-electron chi connectivity index (χ4n) is 4.52. The van der Waals surface area contributed by atoms with Gasteiger partial charge in [-0.3, -0.25) is 0 Å². The van der Waals surface area contributed by atoms with Crippen LogP contribution in [0, 0.1) is 0 Å². The van der Waals surface area contributed by atoms with Crippen molar-refractivity contribution in [3.05, 3.63) is 65.2 Å². The van der Waals surface area contributed by atoms with Crippen LogP contribution in [0.3, 0.4) is 0 Å². The number of ether oxygens (including phenoxy) is 1. The van der Waals surface area contributed by atoms with Crippen molar-refractivity contribution in [3.8, 4) is 5.75 Å². The highest BCUT2D eigenvalue weighted by Crippen LogP contribution is 2.48. The van der Waals surface area contributed by atoms with E-state index in [1.165, 1.54) is 16.8 Å². The summed E-state index contributed by atoms with van der Waals surface area (Å²) in [4.78, 5) is 2.58. The topological polar surface area (TPSA) is 44.7 Å². The largest absolute Gasteiger partial charge is 0.497 e. The van der Waals surface area contributed by atoms with Gasteiger partial charge in [-0.05, 0) is 47.9 Å². The number of hydrogen-bond acceptors (Lipinski definition) is 4. The summed E-state index contributed by atoms with van der Waals surface area (Å²) in [5.41, 5.74) is 5.14. The van der Waals surface area contributed by atoms with Crippen molar-refractivity contribution in [2.45, 2.75) is 18.4 Å². The molecule has 136 valence electrons. The Bertz CT molecular complexity index is 818. The molecule has 2 N–H and O–H groups in total. The van der Waals surface area contributed by atoms with Gasteiger partial charge in [0.15, 0.2) is 0 Å². The molecule has 4 rings (SSSR count).